The third kappa shape index (κ3) is 3.41. The molecule has 1 aromatic heterocycles. The van der Waals surface area contributed by atoms with Crippen molar-refractivity contribution in [3.8, 4) is 0 Å². The Balaban J connectivity index is 1.29. The smallest absolute Gasteiger partial charge is 0.234 e. The SMILES string of the molecule is O=C(C[C@H](c1ccccc1)N1C(=O)[C@@H]2[C@@H](C1=O)[C@H]1C=C[C@H]2CC1)Nc1ccc2ncccc2c1. The van der Waals surface area contributed by atoms with E-state index in [4.69, 9.17) is 0 Å². The molecule has 3 aromatic rings. The Morgan fingerprint density at radius 2 is 1.65 bits per heavy atom. The quantitative estimate of drug-likeness (QED) is 0.458. The summed E-state index contributed by atoms with van der Waals surface area (Å²) >= 11 is 0. The lowest BCUT2D eigenvalue weighted by molar-refractivity contribution is -0.143. The van der Waals surface area contributed by atoms with Gasteiger partial charge in [-0.25, -0.2) is 0 Å². The van der Waals surface area contributed by atoms with E-state index in [2.05, 4.69) is 22.5 Å². The monoisotopic (exact) mass is 451 g/mol. The number of hydrogen-bond acceptors (Lipinski definition) is 4. The maximum Gasteiger partial charge on any atom is 0.234 e. The molecule has 1 saturated carbocycles. The molecule has 3 aliphatic carbocycles. The number of imide groups is 1. The number of amides is 3. The van der Waals surface area contributed by atoms with Crippen LogP contribution in [0, 0.1) is 23.7 Å². The summed E-state index contributed by atoms with van der Waals surface area (Å²) in [5.74, 6) is -0.855. The van der Waals surface area contributed by atoms with Crippen LogP contribution in [0.4, 0.5) is 5.69 Å². The van der Waals surface area contributed by atoms with Gasteiger partial charge in [-0.3, -0.25) is 24.3 Å². The number of allylic oxidation sites excluding steroid dienone is 2. The molecule has 0 radical (unpaired) electrons. The van der Waals surface area contributed by atoms with Gasteiger partial charge in [0.2, 0.25) is 17.7 Å². The molecule has 1 aliphatic heterocycles. The van der Waals surface area contributed by atoms with Crippen LogP contribution in [0.5, 0.6) is 0 Å². The third-order valence-electron chi connectivity index (χ3n) is 7.55. The summed E-state index contributed by atoms with van der Waals surface area (Å²) < 4.78 is 0. The van der Waals surface area contributed by atoms with E-state index in [-0.39, 0.29) is 47.8 Å². The molecule has 7 rings (SSSR count). The van der Waals surface area contributed by atoms with E-state index in [1.807, 2.05) is 60.7 Å². The topological polar surface area (TPSA) is 79.4 Å². The number of fused-ring (bicyclic) bond motifs is 2. The van der Waals surface area contributed by atoms with Gasteiger partial charge in [0, 0.05) is 17.3 Å². The number of carbonyl (C=O) groups excluding carboxylic acids is 3. The molecule has 1 N–H and O–H groups in total. The second kappa shape index (κ2) is 8.20. The zero-order valence-corrected chi connectivity index (χ0v) is 18.6. The second-order valence-electron chi connectivity index (χ2n) is 9.48. The van der Waals surface area contributed by atoms with Crippen LogP contribution in [-0.2, 0) is 14.4 Å². The van der Waals surface area contributed by atoms with Crippen molar-refractivity contribution < 1.29 is 14.4 Å². The van der Waals surface area contributed by atoms with E-state index in [0.29, 0.717) is 5.69 Å². The number of rotatable bonds is 5. The molecule has 2 fully saturated rings. The summed E-state index contributed by atoms with van der Waals surface area (Å²) in [7, 11) is 0. The number of aromatic nitrogens is 1. The van der Waals surface area contributed by atoms with Crippen LogP contribution in [-0.4, -0.2) is 27.6 Å². The minimum absolute atomic E-state index is 0.00870. The number of nitrogens with zero attached hydrogens (tertiary/aromatic N) is 2. The van der Waals surface area contributed by atoms with Gasteiger partial charge in [-0.15, -0.1) is 0 Å². The normalized spacial score (nSPS) is 26.1. The predicted octanol–water partition coefficient (Wildman–Crippen LogP) is 4.50. The molecule has 3 amide bonds. The van der Waals surface area contributed by atoms with Gasteiger partial charge in [-0.1, -0.05) is 48.6 Å². The maximum absolute atomic E-state index is 13.6. The van der Waals surface area contributed by atoms with Crippen molar-refractivity contribution in [1.82, 2.24) is 9.88 Å². The molecule has 170 valence electrons. The lowest BCUT2D eigenvalue weighted by Crippen LogP contribution is -2.38. The first kappa shape index (κ1) is 20.8. The first-order valence-corrected chi connectivity index (χ1v) is 11.8. The lowest BCUT2D eigenvalue weighted by Gasteiger charge is -2.38. The van der Waals surface area contributed by atoms with Gasteiger partial charge in [-0.2, -0.15) is 0 Å². The number of nitrogens with one attached hydrogen (secondary N) is 1. The molecule has 2 heterocycles. The van der Waals surface area contributed by atoms with Gasteiger partial charge >= 0.3 is 0 Å². The third-order valence-corrected chi connectivity index (χ3v) is 7.55. The van der Waals surface area contributed by atoms with Crippen LogP contribution in [0.15, 0.2) is 79.0 Å². The standard InChI is InChI=1S/C28H25N3O3/c32-24(30-21-12-13-22-20(15-21)7-4-14-29-22)16-23(17-5-2-1-3-6-17)31-27(33)25-18-8-9-19(11-10-18)26(25)28(31)34/h1-9,12-15,18-19,23,25-26H,10-11,16H2,(H,30,32)/t18-,19-,23+,25-,26-/m0/s1. The largest absolute Gasteiger partial charge is 0.326 e. The van der Waals surface area contributed by atoms with Crippen LogP contribution in [0.1, 0.15) is 30.9 Å². The number of pyridine rings is 1. The zero-order valence-electron chi connectivity index (χ0n) is 18.6. The number of carbonyl (C=O) groups is 3. The zero-order chi connectivity index (χ0) is 23.2. The summed E-state index contributed by atoms with van der Waals surface area (Å²) in [6, 6.07) is 18.1. The van der Waals surface area contributed by atoms with Crippen molar-refractivity contribution in [3.63, 3.8) is 0 Å². The highest BCUT2D eigenvalue weighted by atomic mass is 16.2. The Hall–Kier alpha value is -3.80. The van der Waals surface area contributed by atoms with Crippen LogP contribution in [0.3, 0.4) is 0 Å². The number of hydrogen-bond donors (Lipinski definition) is 1. The molecule has 0 spiro atoms. The Labute approximate surface area is 197 Å². The molecule has 1 saturated heterocycles. The van der Waals surface area contributed by atoms with Crippen molar-refractivity contribution >= 4 is 34.3 Å². The highest BCUT2D eigenvalue weighted by Gasteiger charge is 2.58. The van der Waals surface area contributed by atoms with E-state index < -0.39 is 6.04 Å². The van der Waals surface area contributed by atoms with E-state index in [9.17, 15) is 14.4 Å². The van der Waals surface area contributed by atoms with Gasteiger partial charge in [0.05, 0.1) is 29.8 Å². The van der Waals surface area contributed by atoms with Gasteiger partial charge in [0.25, 0.3) is 0 Å². The van der Waals surface area contributed by atoms with Crippen LogP contribution in [0.2, 0.25) is 0 Å². The van der Waals surface area contributed by atoms with Gasteiger partial charge in [0.1, 0.15) is 0 Å². The highest BCUT2D eigenvalue weighted by molar-refractivity contribution is 6.07. The van der Waals surface area contributed by atoms with Crippen molar-refractivity contribution in [2.24, 2.45) is 23.7 Å². The first-order chi connectivity index (χ1) is 16.6. The molecular formula is C28H25N3O3. The van der Waals surface area contributed by atoms with E-state index in [1.165, 1.54) is 4.90 Å². The summed E-state index contributed by atoms with van der Waals surface area (Å²) in [5.41, 5.74) is 2.30. The minimum atomic E-state index is -0.631. The van der Waals surface area contributed by atoms with Gasteiger partial charge < -0.3 is 5.32 Å². The van der Waals surface area contributed by atoms with Crippen LogP contribution < -0.4 is 5.32 Å². The number of likely N-dealkylation sites (tertiary alicyclic amines) is 1. The van der Waals surface area contributed by atoms with E-state index in [0.717, 1.165) is 29.3 Å². The summed E-state index contributed by atoms with van der Waals surface area (Å²) in [4.78, 5) is 46.0. The molecule has 2 aromatic carbocycles. The fourth-order valence-electron chi connectivity index (χ4n) is 5.98. The Morgan fingerprint density at radius 1 is 0.941 bits per heavy atom. The summed E-state index contributed by atoms with van der Waals surface area (Å²) in [6.07, 6.45) is 7.86. The molecule has 34 heavy (non-hydrogen) atoms. The summed E-state index contributed by atoms with van der Waals surface area (Å²) in [5, 5.41) is 3.88. The average molecular weight is 452 g/mol. The average Bonchev–Trinajstić information content (AvgIpc) is 3.16. The molecule has 6 nitrogen and oxygen atoms in total. The lowest BCUT2D eigenvalue weighted by atomic mass is 9.63. The van der Waals surface area contributed by atoms with E-state index >= 15 is 0 Å². The number of anilines is 1. The Kier molecular flexibility index (Phi) is 5.01. The summed E-state index contributed by atoms with van der Waals surface area (Å²) in [6.45, 7) is 0. The Bertz CT molecular complexity index is 1290. The van der Waals surface area contributed by atoms with Crippen LogP contribution in [0.25, 0.3) is 10.9 Å². The van der Waals surface area contributed by atoms with E-state index in [1.54, 1.807) is 6.20 Å². The van der Waals surface area contributed by atoms with Crippen molar-refractivity contribution in [2.45, 2.75) is 25.3 Å². The molecule has 6 heteroatoms. The van der Waals surface area contributed by atoms with Gasteiger partial charge in [-0.05, 0) is 54.5 Å². The van der Waals surface area contributed by atoms with Crippen LogP contribution >= 0.6 is 0 Å². The van der Waals surface area contributed by atoms with Gasteiger partial charge in [0.15, 0.2) is 0 Å². The highest BCUT2D eigenvalue weighted by Crippen LogP contribution is 2.51. The van der Waals surface area contributed by atoms with Crippen molar-refractivity contribution in [3.05, 3.63) is 84.6 Å². The molecule has 2 bridgehead atoms. The fraction of sp³-hybridized carbons (Fsp3) is 0.286. The molecule has 5 atom stereocenters. The Morgan fingerprint density at radius 3 is 2.32 bits per heavy atom. The first-order valence-electron chi connectivity index (χ1n) is 11.8. The minimum Gasteiger partial charge on any atom is -0.326 e. The van der Waals surface area contributed by atoms with Crippen molar-refractivity contribution in [2.75, 3.05) is 5.32 Å². The molecule has 0 unspecified atom stereocenters. The molecule has 4 aliphatic rings. The predicted molar refractivity (Wildman–Crippen MR) is 128 cm³/mol. The fourth-order valence-corrected chi connectivity index (χ4v) is 5.98. The number of benzene rings is 2. The molecular weight excluding hydrogens is 426 g/mol. The second-order valence-corrected chi connectivity index (χ2v) is 9.48. The van der Waals surface area contributed by atoms with Crippen molar-refractivity contribution in [1.29, 1.82) is 0 Å². The maximum atomic E-state index is 13.6.